The van der Waals surface area contributed by atoms with Gasteiger partial charge in [0.15, 0.2) is 5.82 Å². The van der Waals surface area contributed by atoms with Crippen LogP contribution in [0.4, 0.5) is 0 Å². The van der Waals surface area contributed by atoms with E-state index in [2.05, 4.69) is 31.1 Å². The van der Waals surface area contributed by atoms with E-state index in [1.807, 2.05) is 6.07 Å². The van der Waals surface area contributed by atoms with Crippen molar-refractivity contribution in [2.24, 2.45) is 0 Å². The molecule has 0 bridgehead atoms. The second-order valence-electron chi connectivity index (χ2n) is 4.63. The summed E-state index contributed by atoms with van der Waals surface area (Å²) in [5.74, 6) is 0.456. The zero-order chi connectivity index (χ0) is 13.9. The second-order valence-corrected chi connectivity index (χ2v) is 5.49. The van der Waals surface area contributed by atoms with Gasteiger partial charge in [-0.25, -0.2) is 4.98 Å². The molecule has 1 fully saturated rings. The van der Waals surface area contributed by atoms with E-state index in [0.29, 0.717) is 22.5 Å². The normalized spacial score (nSPS) is 19.1. The van der Waals surface area contributed by atoms with E-state index < -0.39 is 0 Å². The smallest absolute Gasteiger partial charge is 0.274 e. The Labute approximate surface area is 124 Å². The van der Waals surface area contributed by atoms with Gasteiger partial charge in [-0.15, -0.1) is 0 Å². The third-order valence-electron chi connectivity index (χ3n) is 3.40. The molecule has 0 N–H and O–H groups in total. The Morgan fingerprint density at radius 3 is 3.05 bits per heavy atom. The molecule has 104 valence electrons. The number of piperidine rings is 1. The highest BCUT2D eigenvalue weighted by atomic mass is 79.9. The molecule has 0 aliphatic carbocycles. The number of amides is 1. The first-order valence-corrected chi connectivity index (χ1v) is 7.24. The summed E-state index contributed by atoms with van der Waals surface area (Å²) in [4.78, 5) is 22.7. The number of likely N-dealkylation sites (tertiary alicyclic amines) is 1. The van der Waals surface area contributed by atoms with Crippen LogP contribution in [0.25, 0.3) is 0 Å². The maximum atomic E-state index is 12.7. The van der Waals surface area contributed by atoms with Gasteiger partial charge in [-0.2, -0.15) is 4.98 Å². The largest absolute Gasteiger partial charge is 0.343 e. The highest BCUT2D eigenvalue weighted by molar-refractivity contribution is 9.10. The van der Waals surface area contributed by atoms with Crippen molar-refractivity contribution < 1.29 is 9.32 Å². The third-order valence-corrected chi connectivity index (χ3v) is 4.04. The molecule has 7 heteroatoms. The maximum Gasteiger partial charge on any atom is 0.274 e. The molecule has 20 heavy (non-hydrogen) atoms. The Morgan fingerprint density at radius 1 is 1.40 bits per heavy atom. The van der Waals surface area contributed by atoms with Gasteiger partial charge in [0.05, 0.1) is 6.04 Å². The molecule has 1 saturated heterocycles. The highest BCUT2D eigenvalue weighted by Crippen LogP contribution is 2.30. The van der Waals surface area contributed by atoms with Crippen molar-refractivity contribution in [3.8, 4) is 0 Å². The standard InChI is InChI=1S/C13H13BrN4O2/c14-9-4-3-6-15-11(9)13(19)18-7-2-1-5-10(18)12-16-8-20-17-12/h3-4,6,8,10H,1-2,5,7H2. The SMILES string of the molecule is O=C(c1ncccc1Br)N1CCCCC1c1ncon1. The van der Waals surface area contributed by atoms with E-state index in [4.69, 9.17) is 4.52 Å². The zero-order valence-electron chi connectivity index (χ0n) is 10.7. The van der Waals surface area contributed by atoms with Gasteiger partial charge in [0.2, 0.25) is 6.39 Å². The molecule has 1 atom stereocenters. The number of pyridine rings is 1. The fraction of sp³-hybridized carbons (Fsp3) is 0.385. The van der Waals surface area contributed by atoms with E-state index >= 15 is 0 Å². The molecule has 1 unspecified atom stereocenters. The van der Waals surface area contributed by atoms with Gasteiger partial charge >= 0.3 is 0 Å². The molecule has 3 heterocycles. The molecule has 1 amide bonds. The molecule has 1 aliphatic rings. The van der Waals surface area contributed by atoms with Gasteiger partial charge in [-0.05, 0) is 47.3 Å². The van der Waals surface area contributed by atoms with Gasteiger partial charge in [0.1, 0.15) is 5.69 Å². The van der Waals surface area contributed by atoms with Gasteiger partial charge in [0.25, 0.3) is 5.91 Å². The molecule has 0 saturated carbocycles. The number of hydrogen-bond donors (Lipinski definition) is 0. The lowest BCUT2D eigenvalue weighted by atomic mass is 10.0. The molecule has 1 aliphatic heterocycles. The molecular weight excluding hydrogens is 324 g/mol. The van der Waals surface area contributed by atoms with Crippen molar-refractivity contribution in [1.82, 2.24) is 20.0 Å². The van der Waals surface area contributed by atoms with E-state index in [9.17, 15) is 4.79 Å². The van der Waals surface area contributed by atoms with Crippen LogP contribution in [0.1, 0.15) is 41.6 Å². The summed E-state index contributed by atoms with van der Waals surface area (Å²) in [6, 6.07) is 3.46. The summed E-state index contributed by atoms with van der Waals surface area (Å²) >= 11 is 3.37. The number of nitrogens with zero attached hydrogens (tertiary/aromatic N) is 4. The summed E-state index contributed by atoms with van der Waals surface area (Å²) in [6.45, 7) is 0.682. The lowest BCUT2D eigenvalue weighted by molar-refractivity contribution is 0.0589. The van der Waals surface area contributed by atoms with Gasteiger partial charge < -0.3 is 9.42 Å². The number of carbonyl (C=O) groups excluding carboxylic acids is 1. The maximum absolute atomic E-state index is 12.7. The number of carbonyl (C=O) groups is 1. The Hall–Kier alpha value is -1.76. The van der Waals surface area contributed by atoms with Crippen LogP contribution in [-0.4, -0.2) is 32.5 Å². The minimum Gasteiger partial charge on any atom is -0.343 e. The van der Waals surface area contributed by atoms with E-state index in [1.54, 1.807) is 17.2 Å². The summed E-state index contributed by atoms with van der Waals surface area (Å²) in [6.07, 6.45) is 5.78. The Bertz CT molecular complexity index is 602. The Kier molecular flexibility index (Phi) is 3.77. The minimum absolute atomic E-state index is 0.105. The van der Waals surface area contributed by atoms with Crippen LogP contribution >= 0.6 is 15.9 Å². The fourth-order valence-electron chi connectivity index (χ4n) is 2.45. The highest BCUT2D eigenvalue weighted by Gasteiger charge is 2.32. The summed E-state index contributed by atoms with van der Waals surface area (Å²) in [7, 11) is 0. The first-order valence-electron chi connectivity index (χ1n) is 6.45. The van der Waals surface area contributed by atoms with Crippen LogP contribution in [0, 0.1) is 0 Å². The third kappa shape index (κ3) is 2.45. The Morgan fingerprint density at radius 2 is 2.30 bits per heavy atom. The van der Waals surface area contributed by atoms with E-state index in [-0.39, 0.29) is 11.9 Å². The van der Waals surface area contributed by atoms with Crippen LogP contribution in [0.2, 0.25) is 0 Å². The number of rotatable bonds is 2. The van der Waals surface area contributed by atoms with Crippen molar-refractivity contribution in [3.63, 3.8) is 0 Å². The monoisotopic (exact) mass is 336 g/mol. The van der Waals surface area contributed by atoms with Gasteiger partial charge in [0, 0.05) is 17.2 Å². The van der Waals surface area contributed by atoms with Crippen LogP contribution < -0.4 is 0 Å². The quantitative estimate of drug-likeness (QED) is 0.842. The zero-order valence-corrected chi connectivity index (χ0v) is 12.3. The van der Waals surface area contributed by atoms with E-state index in [1.165, 1.54) is 6.39 Å². The predicted molar refractivity (Wildman–Crippen MR) is 73.9 cm³/mol. The summed E-state index contributed by atoms with van der Waals surface area (Å²) in [5.41, 5.74) is 0.419. The van der Waals surface area contributed by atoms with Gasteiger partial charge in [-0.1, -0.05) is 5.16 Å². The number of hydrogen-bond acceptors (Lipinski definition) is 5. The predicted octanol–water partition coefficient (Wildman–Crippen LogP) is 2.59. The molecule has 2 aromatic rings. The molecule has 0 aromatic carbocycles. The molecule has 0 radical (unpaired) electrons. The van der Waals surface area contributed by atoms with Crippen molar-refractivity contribution in [2.75, 3.05) is 6.54 Å². The first kappa shape index (κ1) is 13.2. The average molecular weight is 337 g/mol. The Balaban J connectivity index is 1.90. The van der Waals surface area contributed by atoms with Crippen LogP contribution in [0.5, 0.6) is 0 Å². The molecular formula is C13H13BrN4O2. The van der Waals surface area contributed by atoms with Crippen molar-refractivity contribution in [1.29, 1.82) is 0 Å². The summed E-state index contributed by atoms with van der Waals surface area (Å²) in [5, 5.41) is 3.88. The molecule has 3 rings (SSSR count). The van der Waals surface area contributed by atoms with Crippen molar-refractivity contribution >= 4 is 21.8 Å². The van der Waals surface area contributed by atoms with Crippen LogP contribution in [-0.2, 0) is 0 Å². The topological polar surface area (TPSA) is 72.1 Å². The van der Waals surface area contributed by atoms with Gasteiger partial charge in [-0.3, -0.25) is 4.79 Å². The first-order chi connectivity index (χ1) is 9.77. The van der Waals surface area contributed by atoms with E-state index in [0.717, 1.165) is 19.3 Å². The average Bonchev–Trinajstić information content (AvgIpc) is 3.01. The molecule has 6 nitrogen and oxygen atoms in total. The van der Waals surface area contributed by atoms with Crippen molar-refractivity contribution in [2.45, 2.75) is 25.3 Å². The fourth-order valence-corrected chi connectivity index (χ4v) is 2.87. The van der Waals surface area contributed by atoms with Crippen molar-refractivity contribution in [3.05, 3.63) is 40.7 Å². The lowest BCUT2D eigenvalue weighted by Gasteiger charge is -2.33. The minimum atomic E-state index is -0.135. The lowest BCUT2D eigenvalue weighted by Crippen LogP contribution is -2.39. The van der Waals surface area contributed by atoms with Crippen LogP contribution in [0.3, 0.4) is 0 Å². The second kappa shape index (κ2) is 5.70. The van der Waals surface area contributed by atoms with Crippen LogP contribution in [0.15, 0.2) is 33.7 Å². The summed E-state index contributed by atoms with van der Waals surface area (Å²) < 4.78 is 5.50. The molecule has 0 spiro atoms. The number of halogens is 1. The molecule has 2 aromatic heterocycles. The number of aromatic nitrogens is 3.